The Morgan fingerprint density at radius 1 is 1.30 bits per heavy atom. The molecule has 3 heterocycles. The second-order valence-corrected chi connectivity index (χ2v) is 4.77. The molecule has 0 aliphatic rings. The Morgan fingerprint density at radius 3 is 2.96 bits per heavy atom. The van der Waals surface area contributed by atoms with E-state index in [0.29, 0.717) is 36.3 Å². The van der Waals surface area contributed by atoms with Gasteiger partial charge in [-0.2, -0.15) is 5.10 Å². The highest BCUT2D eigenvalue weighted by Crippen LogP contribution is 2.09. The van der Waals surface area contributed by atoms with Crippen LogP contribution >= 0.6 is 0 Å². The number of nitrogens with one attached hydrogen (secondary N) is 2. The summed E-state index contributed by atoms with van der Waals surface area (Å²) in [5.74, 6) is 2.05. The van der Waals surface area contributed by atoms with Crippen LogP contribution in [0.2, 0.25) is 0 Å². The molecule has 3 rings (SSSR count). The second kappa shape index (κ2) is 6.73. The molecule has 1 amide bonds. The molecule has 2 N–H and O–H groups in total. The van der Waals surface area contributed by atoms with E-state index in [4.69, 9.17) is 4.42 Å². The number of aryl methyl sites for hydroxylation is 1. The van der Waals surface area contributed by atoms with Gasteiger partial charge in [-0.25, -0.2) is 14.6 Å². The lowest BCUT2D eigenvalue weighted by atomic mass is 10.4. The zero-order chi connectivity index (χ0) is 16.1. The van der Waals surface area contributed by atoms with E-state index in [0.717, 1.165) is 0 Å². The zero-order valence-electron chi connectivity index (χ0n) is 12.6. The van der Waals surface area contributed by atoms with Crippen LogP contribution in [0.15, 0.2) is 47.3 Å². The Morgan fingerprint density at radius 2 is 2.22 bits per heavy atom. The molecular formula is C15H16N6O2. The molecular weight excluding hydrogens is 296 g/mol. The van der Waals surface area contributed by atoms with Gasteiger partial charge in [-0.3, -0.25) is 4.79 Å². The molecule has 0 aromatic carbocycles. The van der Waals surface area contributed by atoms with Crippen molar-refractivity contribution in [3.05, 3.63) is 54.5 Å². The highest BCUT2D eigenvalue weighted by atomic mass is 16.3. The minimum Gasteiger partial charge on any atom is -0.459 e. The standard InChI is InChI=1S/C15H16N6O2/c1-11-19-13(10-14(20-11)21-8-3-5-18-21)16-6-7-17-15(22)12-4-2-9-23-12/h2-5,8-10H,6-7H2,1H3,(H,17,22)(H,16,19,20). The molecule has 0 aliphatic carbocycles. The first-order chi connectivity index (χ1) is 11.2. The van der Waals surface area contributed by atoms with Gasteiger partial charge in [0, 0.05) is 31.5 Å². The molecule has 0 atom stereocenters. The van der Waals surface area contributed by atoms with Crippen LogP contribution in [0.4, 0.5) is 5.82 Å². The number of nitrogens with zero attached hydrogens (tertiary/aromatic N) is 4. The molecule has 0 aliphatic heterocycles. The van der Waals surface area contributed by atoms with Crippen molar-refractivity contribution in [1.29, 1.82) is 0 Å². The molecule has 0 unspecified atom stereocenters. The lowest BCUT2D eigenvalue weighted by molar-refractivity contribution is 0.0927. The summed E-state index contributed by atoms with van der Waals surface area (Å²) in [7, 11) is 0. The molecule has 0 bridgehead atoms. The molecule has 0 fully saturated rings. The van der Waals surface area contributed by atoms with E-state index in [1.807, 2.05) is 19.2 Å². The average molecular weight is 312 g/mol. The minimum atomic E-state index is -0.243. The Labute approximate surface area is 132 Å². The highest BCUT2D eigenvalue weighted by Gasteiger charge is 2.07. The fourth-order valence-corrected chi connectivity index (χ4v) is 2.03. The van der Waals surface area contributed by atoms with Crippen LogP contribution in [0, 0.1) is 6.92 Å². The molecule has 0 radical (unpaired) electrons. The fraction of sp³-hybridized carbons (Fsp3) is 0.200. The molecule has 8 nitrogen and oxygen atoms in total. The van der Waals surface area contributed by atoms with Gasteiger partial charge in [0.15, 0.2) is 11.6 Å². The molecule has 0 saturated heterocycles. The van der Waals surface area contributed by atoms with E-state index in [1.165, 1.54) is 6.26 Å². The number of furan rings is 1. The van der Waals surface area contributed by atoms with E-state index < -0.39 is 0 Å². The third-order valence-electron chi connectivity index (χ3n) is 3.03. The van der Waals surface area contributed by atoms with Crippen LogP contribution in [0.1, 0.15) is 16.4 Å². The van der Waals surface area contributed by atoms with Gasteiger partial charge in [0.05, 0.1) is 6.26 Å². The summed E-state index contributed by atoms with van der Waals surface area (Å²) in [5, 5.41) is 10.1. The number of carbonyl (C=O) groups is 1. The third-order valence-corrected chi connectivity index (χ3v) is 3.03. The van der Waals surface area contributed by atoms with E-state index in [2.05, 4.69) is 25.7 Å². The van der Waals surface area contributed by atoms with Crippen LogP contribution in [-0.4, -0.2) is 38.7 Å². The monoisotopic (exact) mass is 312 g/mol. The molecule has 8 heteroatoms. The van der Waals surface area contributed by atoms with E-state index >= 15 is 0 Å². The fourth-order valence-electron chi connectivity index (χ4n) is 2.03. The Balaban J connectivity index is 1.55. The van der Waals surface area contributed by atoms with Crippen molar-refractivity contribution in [2.24, 2.45) is 0 Å². The molecule has 118 valence electrons. The first kappa shape index (κ1) is 14.8. The summed E-state index contributed by atoms with van der Waals surface area (Å²) in [6.07, 6.45) is 4.97. The van der Waals surface area contributed by atoms with Crippen molar-refractivity contribution in [2.45, 2.75) is 6.92 Å². The lowest BCUT2D eigenvalue weighted by Gasteiger charge is -2.09. The van der Waals surface area contributed by atoms with Gasteiger partial charge in [0.25, 0.3) is 5.91 Å². The molecule has 0 spiro atoms. The van der Waals surface area contributed by atoms with E-state index in [1.54, 1.807) is 29.1 Å². The molecule has 23 heavy (non-hydrogen) atoms. The number of rotatable bonds is 6. The summed E-state index contributed by atoms with van der Waals surface area (Å²) in [5.41, 5.74) is 0. The van der Waals surface area contributed by atoms with Crippen molar-refractivity contribution in [1.82, 2.24) is 25.1 Å². The summed E-state index contributed by atoms with van der Waals surface area (Å²) < 4.78 is 6.69. The second-order valence-electron chi connectivity index (χ2n) is 4.77. The quantitative estimate of drug-likeness (QED) is 0.668. The predicted octanol–water partition coefficient (Wildman–Crippen LogP) is 1.41. The average Bonchev–Trinajstić information content (AvgIpc) is 3.23. The number of hydrogen-bond donors (Lipinski definition) is 2. The van der Waals surface area contributed by atoms with Gasteiger partial charge >= 0.3 is 0 Å². The van der Waals surface area contributed by atoms with Gasteiger partial charge in [-0.05, 0) is 25.1 Å². The lowest BCUT2D eigenvalue weighted by Crippen LogP contribution is -2.28. The number of aromatic nitrogens is 4. The SMILES string of the molecule is Cc1nc(NCCNC(=O)c2ccco2)cc(-n2cccn2)n1. The molecule has 0 saturated carbocycles. The first-order valence-electron chi connectivity index (χ1n) is 7.13. The van der Waals surface area contributed by atoms with Crippen molar-refractivity contribution in [3.8, 4) is 5.82 Å². The normalized spacial score (nSPS) is 10.5. The summed E-state index contributed by atoms with van der Waals surface area (Å²) >= 11 is 0. The smallest absolute Gasteiger partial charge is 0.287 e. The number of anilines is 1. The van der Waals surface area contributed by atoms with Crippen LogP contribution in [0.3, 0.4) is 0 Å². The van der Waals surface area contributed by atoms with E-state index in [-0.39, 0.29) is 5.91 Å². The van der Waals surface area contributed by atoms with Crippen molar-refractivity contribution in [2.75, 3.05) is 18.4 Å². The predicted molar refractivity (Wildman–Crippen MR) is 83.4 cm³/mol. The highest BCUT2D eigenvalue weighted by molar-refractivity contribution is 5.91. The van der Waals surface area contributed by atoms with Crippen LogP contribution < -0.4 is 10.6 Å². The van der Waals surface area contributed by atoms with Crippen LogP contribution in [0.25, 0.3) is 5.82 Å². The van der Waals surface area contributed by atoms with Crippen molar-refractivity contribution in [3.63, 3.8) is 0 Å². The minimum absolute atomic E-state index is 0.243. The maximum atomic E-state index is 11.7. The topological polar surface area (TPSA) is 97.9 Å². The largest absolute Gasteiger partial charge is 0.459 e. The van der Waals surface area contributed by atoms with Crippen LogP contribution in [0.5, 0.6) is 0 Å². The van der Waals surface area contributed by atoms with E-state index in [9.17, 15) is 4.79 Å². The van der Waals surface area contributed by atoms with Crippen molar-refractivity contribution < 1.29 is 9.21 Å². The maximum Gasteiger partial charge on any atom is 0.287 e. The first-order valence-corrected chi connectivity index (χ1v) is 7.13. The van der Waals surface area contributed by atoms with Gasteiger partial charge < -0.3 is 15.1 Å². The van der Waals surface area contributed by atoms with Crippen LogP contribution in [-0.2, 0) is 0 Å². The van der Waals surface area contributed by atoms with Gasteiger partial charge in [-0.1, -0.05) is 0 Å². The maximum absolute atomic E-state index is 11.7. The van der Waals surface area contributed by atoms with Crippen molar-refractivity contribution >= 4 is 11.7 Å². The molecule has 3 aromatic heterocycles. The Hall–Kier alpha value is -3.16. The Kier molecular flexibility index (Phi) is 4.32. The summed E-state index contributed by atoms with van der Waals surface area (Å²) in [6, 6.07) is 6.92. The number of amides is 1. The molecule has 3 aromatic rings. The summed E-state index contributed by atoms with van der Waals surface area (Å²) in [4.78, 5) is 20.4. The third kappa shape index (κ3) is 3.73. The van der Waals surface area contributed by atoms with Gasteiger partial charge in [-0.15, -0.1) is 0 Å². The zero-order valence-corrected chi connectivity index (χ0v) is 12.6. The summed E-state index contributed by atoms with van der Waals surface area (Å²) in [6.45, 7) is 2.79. The number of hydrogen-bond acceptors (Lipinski definition) is 6. The number of carbonyl (C=O) groups excluding carboxylic acids is 1. The van der Waals surface area contributed by atoms with Gasteiger partial charge in [0.1, 0.15) is 11.6 Å². The van der Waals surface area contributed by atoms with Gasteiger partial charge in [0.2, 0.25) is 0 Å². The Bertz CT molecular complexity index is 767.